The topological polar surface area (TPSA) is 46.6 Å². The highest BCUT2D eigenvalue weighted by molar-refractivity contribution is 7.80. The van der Waals surface area contributed by atoms with Crippen molar-refractivity contribution in [2.45, 2.75) is 52.2 Å². The summed E-state index contributed by atoms with van der Waals surface area (Å²) in [6, 6.07) is 13.8. The number of rotatable bonds is 11. The highest BCUT2D eigenvalue weighted by atomic mass is 32.1. The molecule has 0 heterocycles. The number of benzene rings is 2. The molecule has 1 atom stereocenters. The predicted molar refractivity (Wildman–Crippen MR) is 129 cm³/mol. The molecule has 0 aliphatic heterocycles. The van der Waals surface area contributed by atoms with Gasteiger partial charge in [-0.15, -0.1) is 0 Å². The number of hydrogen-bond acceptors (Lipinski definition) is 4. The zero-order valence-electron chi connectivity index (χ0n) is 18.5. The van der Waals surface area contributed by atoms with Gasteiger partial charge in [-0.25, -0.2) is 0 Å². The quantitative estimate of drug-likeness (QED) is 0.380. The number of aldehydes is 1. The van der Waals surface area contributed by atoms with E-state index < -0.39 is 6.10 Å². The number of carbonyl (C=O) groups excluding carboxylic acids is 2. The third-order valence-corrected chi connectivity index (χ3v) is 6.44. The Morgan fingerprint density at radius 1 is 1.23 bits per heavy atom. The minimum absolute atomic E-state index is 0.0621. The smallest absolute Gasteiger partial charge is 0.251 e. The van der Waals surface area contributed by atoms with E-state index in [0.29, 0.717) is 36.9 Å². The van der Waals surface area contributed by atoms with Crippen LogP contribution in [0.4, 0.5) is 0 Å². The first kappa shape index (κ1) is 23.6. The number of nitrogens with zero attached hydrogens (tertiary/aromatic N) is 1. The molecule has 3 rings (SSSR count). The summed E-state index contributed by atoms with van der Waals surface area (Å²) in [7, 11) is 0. The van der Waals surface area contributed by atoms with E-state index in [1.807, 2.05) is 61.2 Å². The summed E-state index contributed by atoms with van der Waals surface area (Å²) in [5.74, 6) is 1.28. The molecular formula is C26H33NO3S. The molecule has 0 spiro atoms. The molecular weight excluding hydrogens is 406 g/mol. The van der Waals surface area contributed by atoms with Gasteiger partial charge < -0.3 is 9.64 Å². The normalized spacial score (nSPS) is 14.7. The summed E-state index contributed by atoms with van der Waals surface area (Å²) in [6.07, 6.45) is 4.84. The van der Waals surface area contributed by atoms with Crippen molar-refractivity contribution in [1.82, 2.24) is 4.90 Å². The Morgan fingerprint density at radius 3 is 2.61 bits per heavy atom. The first-order valence-electron chi connectivity index (χ1n) is 11.2. The van der Waals surface area contributed by atoms with Crippen molar-refractivity contribution in [1.29, 1.82) is 0 Å². The first-order chi connectivity index (χ1) is 15.1. The largest absolute Gasteiger partial charge is 0.364 e. The Hall–Kier alpha value is -2.11. The molecule has 0 N–H and O–H groups in total. The van der Waals surface area contributed by atoms with Gasteiger partial charge in [-0.2, -0.15) is 12.6 Å². The SMILES string of the molecule is CCN(CCS)C(=O)C(CC1CCC1)OCc1ccc(C=O)c(-c2ccccc2C)c1. The van der Waals surface area contributed by atoms with Crippen LogP contribution >= 0.6 is 12.6 Å². The molecule has 0 saturated heterocycles. The van der Waals surface area contributed by atoms with Crippen LogP contribution in [-0.4, -0.2) is 42.0 Å². The minimum atomic E-state index is -0.433. The van der Waals surface area contributed by atoms with Crippen molar-refractivity contribution in [3.63, 3.8) is 0 Å². The number of amides is 1. The van der Waals surface area contributed by atoms with Crippen LogP contribution < -0.4 is 0 Å². The molecule has 0 radical (unpaired) electrons. The number of likely N-dealkylation sites (N-methyl/N-ethyl adjacent to an activating group) is 1. The molecule has 1 saturated carbocycles. The molecule has 166 valence electrons. The van der Waals surface area contributed by atoms with Crippen LogP contribution in [0.2, 0.25) is 0 Å². The van der Waals surface area contributed by atoms with E-state index in [9.17, 15) is 9.59 Å². The molecule has 1 unspecified atom stereocenters. The van der Waals surface area contributed by atoms with E-state index in [2.05, 4.69) is 12.6 Å². The molecule has 1 fully saturated rings. The highest BCUT2D eigenvalue weighted by Crippen LogP contribution is 2.32. The Labute approximate surface area is 191 Å². The maximum absolute atomic E-state index is 13.1. The van der Waals surface area contributed by atoms with E-state index in [4.69, 9.17) is 4.74 Å². The first-order valence-corrected chi connectivity index (χ1v) is 11.9. The van der Waals surface area contributed by atoms with Crippen LogP contribution in [0.1, 0.15) is 54.1 Å². The Bertz CT molecular complexity index is 894. The second-order valence-corrected chi connectivity index (χ2v) is 8.78. The van der Waals surface area contributed by atoms with Crippen LogP contribution in [0.25, 0.3) is 11.1 Å². The van der Waals surface area contributed by atoms with Crippen molar-refractivity contribution in [2.75, 3.05) is 18.8 Å². The molecule has 2 aromatic carbocycles. The van der Waals surface area contributed by atoms with Crippen molar-refractivity contribution in [3.8, 4) is 11.1 Å². The fourth-order valence-electron chi connectivity index (χ4n) is 4.12. The molecule has 31 heavy (non-hydrogen) atoms. The van der Waals surface area contributed by atoms with Gasteiger partial charge in [0, 0.05) is 24.4 Å². The molecule has 4 nitrogen and oxygen atoms in total. The lowest BCUT2D eigenvalue weighted by molar-refractivity contribution is -0.146. The molecule has 5 heteroatoms. The van der Waals surface area contributed by atoms with Crippen LogP contribution in [0.3, 0.4) is 0 Å². The van der Waals surface area contributed by atoms with Crippen LogP contribution in [-0.2, 0) is 16.1 Å². The van der Waals surface area contributed by atoms with Crippen molar-refractivity contribution in [2.24, 2.45) is 5.92 Å². The lowest BCUT2D eigenvalue weighted by Crippen LogP contribution is -2.42. The van der Waals surface area contributed by atoms with Gasteiger partial charge in [0.1, 0.15) is 6.10 Å². The van der Waals surface area contributed by atoms with E-state index in [1.165, 1.54) is 19.3 Å². The lowest BCUT2D eigenvalue weighted by Gasteiger charge is -2.32. The molecule has 0 bridgehead atoms. The van der Waals surface area contributed by atoms with Gasteiger partial charge in [-0.3, -0.25) is 9.59 Å². The zero-order valence-corrected chi connectivity index (χ0v) is 19.4. The van der Waals surface area contributed by atoms with Gasteiger partial charge in [0.15, 0.2) is 6.29 Å². The average Bonchev–Trinajstić information content (AvgIpc) is 2.76. The van der Waals surface area contributed by atoms with Crippen LogP contribution in [0.15, 0.2) is 42.5 Å². The maximum Gasteiger partial charge on any atom is 0.251 e. The monoisotopic (exact) mass is 439 g/mol. The lowest BCUT2D eigenvalue weighted by atomic mass is 9.81. The Morgan fingerprint density at radius 2 is 2.00 bits per heavy atom. The standard InChI is InChI=1S/C26H33NO3S/c1-3-27(13-14-31)26(29)25(16-20-8-6-9-20)30-18-21-11-12-22(17-28)24(15-21)23-10-5-4-7-19(23)2/h4-5,7,10-12,15,17,20,25,31H,3,6,8-9,13-14,16,18H2,1-2H3. The molecule has 0 aromatic heterocycles. The van der Waals surface area contributed by atoms with Crippen LogP contribution in [0.5, 0.6) is 0 Å². The summed E-state index contributed by atoms with van der Waals surface area (Å²) in [6.45, 7) is 5.68. The average molecular weight is 440 g/mol. The fourth-order valence-corrected chi connectivity index (χ4v) is 4.36. The van der Waals surface area contributed by atoms with Crippen LogP contribution in [0, 0.1) is 12.8 Å². The Balaban J connectivity index is 1.79. The van der Waals surface area contributed by atoms with Gasteiger partial charge in [-0.1, -0.05) is 55.7 Å². The van der Waals surface area contributed by atoms with E-state index in [-0.39, 0.29) is 5.91 Å². The second-order valence-electron chi connectivity index (χ2n) is 8.33. The number of ether oxygens (including phenoxy) is 1. The highest BCUT2D eigenvalue weighted by Gasteiger charge is 2.29. The van der Waals surface area contributed by atoms with E-state index >= 15 is 0 Å². The third kappa shape index (κ3) is 5.98. The number of hydrogen-bond donors (Lipinski definition) is 1. The molecule has 1 aliphatic carbocycles. The zero-order chi connectivity index (χ0) is 22.2. The summed E-state index contributed by atoms with van der Waals surface area (Å²) in [5.41, 5.74) is 4.69. The predicted octanol–water partition coefficient (Wildman–Crippen LogP) is 5.33. The Kier molecular flexibility index (Phi) is 8.73. The van der Waals surface area contributed by atoms with Gasteiger partial charge in [0.2, 0.25) is 0 Å². The maximum atomic E-state index is 13.1. The van der Waals surface area contributed by atoms with Gasteiger partial charge in [-0.05, 0) is 54.5 Å². The molecule has 2 aromatic rings. The fraction of sp³-hybridized carbons (Fsp3) is 0.462. The van der Waals surface area contributed by atoms with Gasteiger partial charge in [0.05, 0.1) is 6.61 Å². The molecule has 1 amide bonds. The van der Waals surface area contributed by atoms with Crippen molar-refractivity contribution in [3.05, 3.63) is 59.2 Å². The number of aryl methyl sites for hydroxylation is 1. The summed E-state index contributed by atoms with van der Waals surface area (Å²) in [4.78, 5) is 26.6. The summed E-state index contributed by atoms with van der Waals surface area (Å²) < 4.78 is 6.22. The van der Waals surface area contributed by atoms with Gasteiger partial charge in [0.25, 0.3) is 5.91 Å². The van der Waals surface area contributed by atoms with E-state index in [0.717, 1.165) is 35.0 Å². The number of carbonyl (C=O) groups is 2. The summed E-state index contributed by atoms with van der Waals surface area (Å²) >= 11 is 4.30. The third-order valence-electron chi connectivity index (χ3n) is 6.24. The second kappa shape index (κ2) is 11.5. The number of thiol groups is 1. The minimum Gasteiger partial charge on any atom is -0.364 e. The van der Waals surface area contributed by atoms with Crippen molar-refractivity contribution >= 4 is 24.8 Å². The van der Waals surface area contributed by atoms with Gasteiger partial charge >= 0.3 is 0 Å². The van der Waals surface area contributed by atoms with E-state index in [1.54, 1.807) is 0 Å². The molecule has 1 aliphatic rings. The van der Waals surface area contributed by atoms with Crippen molar-refractivity contribution < 1.29 is 14.3 Å². The summed E-state index contributed by atoms with van der Waals surface area (Å²) in [5, 5.41) is 0.